The van der Waals surface area contributed by atoms with Crippen molar-refractivity contribution in [2.24, 2.45) is 0 Å². The number of ether oxygens (including phenoxy) is 1. The zero-order valence-electron chi connectivity index (χ0n) is 10.3. The van der Waals surface area contributed by atoms with Gasteiger partial charge in [-0.05, 0) is 25.0 Å². The summed E-state index contributed by atoms with van der Waals surface area (Å²) in [5, 5.41) is 9.96. The molecule has 2 rings (SSSR count). The highest BCUT2D eigenvalue weighted by Gasteiger charge is 2.26. The second-order valence-electron chi connectivity index (χ2n) is 4.55. The molecule has 1 heterocycles. The number of methoxy groups -OCH3 is 1. The molecule has 0 bridgehead atoms. The lowest BCUT2D eigenvalue weighted by Crippen LogP contribution is -2.36. The fourth-order valence-corrected chi connectivity index (χ4v) is 2.45. The van der Waals surface area contributed by atoms with Crippen LogP contribution in [0.15, 0.2) is 23.1 Å². The maximum Gasteiger partial charge on any atom is 0.343 e. The van der Waals surface area contributed by atoms with Gasteiger partial charge in [0.05, 0.1) is 19.3 Å². The predicted octanol–water partition coefficient (Wildman–Crippen LogP) is 1.11. The largest absolute Gasteiger partial charge is 0.465 e. The normalized spacial score (nSPS) is 23.7. The lowest BCUT2D eigenvalue weighted by Gasteiger charge is -2.29. The number of hydrogen-bond acceptors (Lipinski definition) is 4. The van der Waals surface area contributed by atoms with E-state index < -0.39 is 17.6 Å². The van der Waals surface area contributed by atoms with Crippen molar-refractivity contribution >= 4 is 5.97 Å². The van der Waals surface area contributed by atoms with Gasteiger partial charge in [-0.3, -0.25) is 4.79 Å². The van der Waals surface area contributed by atoms with E-state index in [1.807, 2.05) is 0 Å². The molecule has 0 unspecified atom stereocenters. The summed E-state index contributed by atoms with van der Waals surface area (Å²) in [6, 6.07) is 2.84. The van der Waals surface area contributed by atoms with Crippen molar-refractivity contribution in [1.82, 2.24) is 4.57 Å². The SMILES string of the molecule is COC(=O)c1cccn([C@@H]2CCCC[C@@H]2O)c1=O. The third-order valence-corrected chi connectivity index (χ3v) is 3.43. The molecule has 0 amide bonds. The lowest BCUT2D eigenvalue weighted by molar-refractivity contribution is 0.0587. The van der Waals surface area contributed by atoms with Crippen LogP contribution in [-0.4, -0.2) is 28.9 Å². The van der Waals surface area contributed by atoms with Crippen LogP contribution in [-0.2, 0) is 4.74 Å². The third-order valence-electron chi connectivity index (χ3n) is 3.43. The number of hydrogen-bond donors (Lipinski definition) is 1. The highest BCUT2D eigenvalue weighted by atomic mass is 16.5. The number of pyridine rings is 1. The van der Waals surface area contributed by atoms with Gasteiger partial charge >= 0.3 is 5.97 Å². The van der Waals surface area contributed by atoms with Gasteiger partial charge in [-0.1, -0.05) is 12.8 Å². The summed E-state index contributed by atoms with van der Waals surface area (Å²) in [6.45, 7) is 0. The van der Waals surface area contributed by atoms with E-state index in [1.165, 1.54) is 17.7 Å². The fourth-order valence-electron chi connectivity index (χ4n) is 2.45. The third kappa shape index (κ3) is 2.31. The highest BCUT2D eigenvalue weighted by molar-refractivity contribution is 5.88. The van der Waals surface area contributed by atoms with Crippen LogP contribution in [0.2, 0.25) is 0 Å². The Morgan fingerprint density at radius 3 is 2.83 bits per heavy atom. The van der Waals surface area contributed by atoms with E-state index in [0.717, 1.165) is 19.3 Å². The lowest BCUT2D eigenvalue weighted by atomic mass is 9.92. The molecule has 5 nitrogen and oxygen atoms in total. The van der Waals surface area contributed by atoms with Crippen LogP contribution in [0.25, 0.3) is 0 Å². The first kappa shape index (κ1) is 12.8. The Balaban J connectivity index is 2.39. The molecule has 1 aliphatic carbocycles. The predicted molar refractivity (Wildman–Crippen MR) is 65.6 cm³/mol. The maximum absolute atomic E-state index is 12.2. The summed E-state index contributed by atoms with van der Waals surface area (Å²) in [7, 11) is 1.24. The number of rotatable bonds is 2. The zero-order valence-corrected chi connectivity index (χ0v) is 10.3. The van der Waals surface area contributed by atoms with Crippen LogP contribution >= 0.6 is 0 Å². The molecule has 0 spiro atoms. The number of nitrogens with zero attached hydrogens (tertiary/aromatic N) is 1. The van der Waals surface area contributed by atoms with Crippen LogP contribution in [0.4, 0.5) is 0 Å². The molecule has 1 aromatic heterocycles. The van der Waals surface area contributed by atoms with Gasteiger partial charge < -0.3 is 14.4 Å². The van der Waals surface area contributed by atoms with Crippen molar-refractivity contribution in [2.45, 2.75) is 37.8 Å². The summed E-state index contributed by atoms with van der Waals surface area (Å²) >= 11 is 0. The minimum Gasteiger partial charge on any atom is -0.465 e. The van der Waals surface area contributed by atoms with Gasteiger partial charge in [-0.2, -0.15) is 0 Å². The van der Waals surface area contributed by atoms with Gasteiger partial charge in [0.25, 0.3) is 5.56 Å². The van der Waals surface area contributed by atoms with Crippen molar-refractivity contribution in [3.8, 4) is 0 Å². The molecule has 1 fully saturated rings. The van der Waals surface area contributed by atoms with Crippen LogP contribution in [0.3, 0.4) is 0 Å². The standard InChI is InChI=1S/C13H17NO4/c1-18-13(17)9-5-4-8-14(12(9)16)10-6-2-3-7-11(10)15/h4-5,8,10-11,15H,2-3,6-7H2,1H3/t10-,11+/m1/s1. The Bertz CT molecular complexity index is 494. The average molecular weight is 251 g/mol. The molecular weight excluding hydrogens is 234 g/mol. The first-order valence-corrected chi connectivity index (χ1v) is 6.12. The van der Waals surface area contributed by atoms with E-state index >= 15 is 0 Å². The summed E-state index contributed by atoms with van der Waals surface area (Å²) in [6.07, 6.45) is 4.50. The van der Waals surface area contributed by atoms with Crippen LogP contribution < -0.4 is 5.56 Å². The Hall–Kier alpha value is -1.62. The van der Waals surface area contributed by atoms with Crippen molar-refractivity contribution in [3.63, 3.8) is 0 Å². The van der Waals surface area contributed by atoms with Gasteiger partial charge in [-0.15, -0.1) is 0 Å². The number of esters is 1. The monoisotopic (exact) mass is 251 g/mol. The van der Waals surface area contributed by atoms with Crippen molar-refractivity contribution < 1.29 is 14.6 Å². The van der Waals surface area contributed by atoms with Crippen molar-refractivity contribution in [1.29, 1.82) is 0 Å². The van der Waals surface area contributed by atoms with Crippen molar-refractivity contribution in [2.75, 3.05) is 7.11 Å². The molecule has 0 aromatic carbocycles. The molecule has 18 heavy (non-hydrogen) atoms. The number of aliphatic hydroxyl groups is 1. The zero-order chi connectivity index (χ0) is 13.1. The molecule has 2 atom stereocenters. The van der Waals surface area contributed by atoms with Crippen LogP contribution in [0.1, 0.15) is 42.1 Å². The second kappa shape index (κ2) is 5.35. The highest BCUT2D eigenvalue weighted by Crippen LogP contribution is 2.27. The minimum atomic E-state index is -0.639. The Kier molecular flexibility index (Phi) is 3.81. The summed E-state index contributed by atoms with van der Waals surface area (Å²) in [4.78, 5) is 23.6. The number of carbonyl (C=O) groups excluding carboxylic acids is 1. The van der Waals surface area contributed by atoms with Gasteiger partial charge in [0.2, 0.25) is 0 Å². The number of aromatic nitrogens is 1. The van der Waals surface area contributed by atoms with E-state index in [1.54, 1.807) is 12.3 Å². The second-order valence-corrected chi connectivity index (χ2v) is 4.55. The van der Waals surface area contributed by atoms with E-state index in [0.29, 0.717) is 6.42 Å². The molecule has 1 N–H and O–H groups in total. The van der Waals surface area contributed by atoms with E-state index in [4.69, 9.17) is 0 Å². The molecule has 5 heteroatoms. The smallest absolute Gasteiger partial charge is 0.343 e. The van der Waals surface area contributed by atoms with E-state index in [9.17, 15) is 14.7 Å². The summed E-state index contributed by atoms with van der Waals surface area (Å²) in [5.41, 5.74) is -0.381. The van der Waals surface area contributed by atoms with Crippen LogP contribution in [0, 0.1) is 0 Å². The Morgan fingerprint density at radius 2 is 2.17 bits per heavy atom. The topological polar surface area (TPSA) is 68.5 Å². The van der Waals surface area contributed by atoms with E-state index in [-0.39, 0.29) is 11.6 Å². The van der Waals surface area contributed by atoms with Gasteiger partial charge in [0.15, 0.2) is 0 Å². The number of carbonyl (C=O) groups is 1. The van der Waals surface area contributed by atoms with Crippen LogP contribution in [0.5, 0.6) is 0 Å². The fraction of sp³-hybridized carbons (Fsp3) is 0.538. The molecule has 1 saturated carbocycles. The van der Waals surface area contributed by atoms with Gasteiger partial charge in [-0.25, -0.2) is 4.79 Å². The summed E-state index contributed by atoms with van der Waals surface area (Å²) in [5.74, 6) is -0.639. The molecular formula is C13H17NO4. The first-order valence-electron chi connectivity index (χ1n) is 6.12. The minimum absolute atomic E-state index is 0.0118. The summed E-state index contributed by atoms with van der Waals surface area (Å²) < 4.78 is 6.03. The number of aliphatic hydroxyl groups excluding tert-OH is 1. The van der Waals surface area contributed by atoms with Gasteiger partial charge in [0, 0.05) is 6.20 Å². The molecule has 0 radical (unpaired) electrons. The Morgan fingerprint density at radius 1 is 1.44 bits per heavy atom. The average Bonchev–Trinajstić information content (AvgIpc) is 2.39. The molecule has 0 aliphatic heterocycles. The Labute approximate surface area is 105 Å². The quantitative estimate of drug-likeness (QED) is 0.799. The molecule has 1 aromatic rings. The molecule has 0 saturated heterocycles. The van der Waals surface area contributed by atoms with Gasteiger partial charge in [0.1, 0.15) is 5.56 Å². The first-order chi connectivity index (χ1) is 8.65. The molecule has 98 valence electrons. The molecule has 1 aliphatic rings. The van der Waals surface area contributed by atoms with E-state index in [2.05, 4.69) is 4.74 Å². The van der Waals surface area contributed by atoms with Crippen molar-refractivity contribution in [3.05, 3.63) is 34.2 Å². The maximum atomic E-state index is 12.2.